The summed E-state index contributed by atoms with van der Waals surface area (Å²) in [6, 6.07) is 7.76. The monoisotopic (exact) mass is 286 g/mol. The molecule has 0 amide bonds. The predicted molar refractivity (Wildman–Crippen MR) is 78.0 cm³/mol. The van der Waals surface area contributed by atoms with Gasteiger partial charge in [0.05, 0.1) is 36.1 Å². The molecular weight excluding hydrogens is 271 g/mol. The Hall–Kier alpha value is -2.47. The van der Waals surface area contributed by atoms with E-state index in [2.05, 4.69) is 9.97 Å². The third kappa shape index (κ3) is 2.34. The minimum absolute atomic E-state index is 0.289. The van der Waals surface area contributed by atoms with Gasteiger partial charge in [-0.05, 0) is 25.1 Å². The van der Waals surface area contributed by atoms with Crippen molar-refractivity contribution in [1.29, 1.82) is 0 Å². The van der Waals surface area contributed by atoms with Gasteiger partial charge < -0.3 is 10.5 Å². The Balaban J connectivity index is 2.26. The van der Waals surface area contributed by atoms with E-state index in [1.54, 1.807) is 25.4 Å². The van der Waals surface area contributed by atoms with Crippen LogP contribution >= 0.6 is 0 Å². The zero-order valence-corrected chi connectivity index (χ0v) is 11.7. The minimum atomic E-state index is -0.318. The Labute approximate surface area is 121 Å². The quantitative estimate of drug-likeness (QED) is 0.803. The van der Waals surface area contributed by atoms with Crippen molar-refractivity contribution in [1.82, 2.24) is 14.5 Å². The number of pyridine rings is 1. The highest BCUT2D eigenvalue weighted by atomic mass is 19.1. The second-order valence-electron chi connectivity index (χ2n) is 4.79. The number of rotatable bonds is 3. The number of methoxy groups -OCH3 is 1. The molecule has 3 aromatic rings. The molecule has 5 nitrogen and oxygen atoms in total. The lowest BCUT2D eigenvalue weighted by molar-refractivity contribution is 0.398. The Bertz CT molecular complexity index is 780. The van der Waals surface area contributed by atoms with Crippen LogP contribution in [0.1, 0.15) is 18.8 Å². The number of aromatic nitrogens is 3. The van der Waals surface area contributed by atoms with Gasteiger partial charge in [-0.2, -0.15) is 0 Å². The van der Waals surface area contributed by atoms with Crippen molar-refractivity contribution in [3.05, 3.63) is 48.2 Å². The van der Waals surface area contributed by atoms with Gasteiger partial charge in [0.15, 0.2) is 0 Å². The summed E-state index contributed by atoms with van der Waals surface area (Å²) in [4.78, 5) is 8.66. The molecule has 0 aliphatic carbocycles. The molecule has 108 valence electrons. The summed E-state index contributed by atoms with van der Waals surface area (Å²) in [5.74, 6) is 0.848. The molecule has 0 saturated heterocycles. The molecule has 0 bridgehead atoms. The summed E-state index contributed by atoms with van der Waals surface area (Å²) < 4.78 is 20.4. The van der Waals surface area contributed by atoms with E-state index in [1.165, 1.54) is 12.1 Å². The molecule has 2 heterocycles. The highest BCUT2D eigenvalue weighted by Crippen LogP contribution is 2.25. The van der Waals surface area contributed by atoms with Gasteiger partial charge in [-0.3, -0.25) is 4.57 Å². The minimum Gasteiger partial charge on any atom is -0.481 e. The molecule has 0 radical (unpaired) electrons. The fourth-order valence-corrected chi connectivity index (χ4v) is 2.27. The summed E-state index contributed by atoms with van der Waals surface area (Å²) in [7, 11) is 1.55. The fourth-order valence-electron chi connectivity index (χ4n) is 2.27. The number of fused-ring (bicyclic) bond motifs is 1. The molecule has 0 saturated carbocycles. The smallest absolute Gasteiger partial charge is 0.213 e. The Kier molecular flexibility index (Phi) is 3.31. The van der Waals surface area contributed by atoms with Crippen molar-refractivity contribution < 1.29 is 9.13 Å². The number of benzene rings is 1. The van der Waals surface area contributed by atoms with Crippen molar-refractivity contribution >= 4 is 11.0 Å². The Morgan fingerprint density at radius 2 is 2.10 bits per heavy atom. The van der Waals surface area contributed by atoms with Crippen LogP contribution in [0, 0.1) is 5.82 Å². The molecule has 0 spiro atoms. The predicted octanol–water partition coefficient (Wildman–Crippen LogP) is 2.59. The normalized spacial score (nSPS) is 12.6. The SMILES string of the molecule is COc1ccc(-n2c(C(C)N)nc3ccc(F)cc32)cn1. The van der Waals surface area contributed by atoms with Crippen molar-refractivity contribution in [2.75, 3.05) is 7.11 Å². The van der Waals surface area contributed by atoms with Gasteiger partial charge in [0, 0.05) is 12.1 Å². The van der Waals surface area contributed by atoms with E-state index in [4.69, 9.17) is 10.5 Å². The third-order valence-corrected chi connectivity index (χ3v) is 3.24. The third-order valence-electron chi connectivity index (χ3n) is 3.24. The first kappa shape index (κ1) is 13.5. The topological polar surface area (TPSA) is 66.0 Å². The number of ether oxygens (including phenoxy) is 1. The maximum absolute atomic E-state index is 13.6. The van der Waals surface area contributed by atoms with Crippen molar-refractivity contribution in [3.63, 3.8) is 0 Å². The van der Waals surface area contributed by atoms with Crippen LogP contribution < -0.4 is 10.5 Å². The number of nitrogens with zero attached hydrogens (tertiary/aromatic N) is 3. The van der Waals surface area contributed by atoms with Crippen LogP contribution in [-0.2, 0) is 0 Å². The fraction of sp³-hybridized carbons (Fsp3) is 0.200. The molecule has 2 aromatic heterocycles. The Morgan fingerprint density at radius 3 is 2.71 bits per heavy atom. The Morgan fingerprint density at radius 1 is 1.29 bits per heavy atom. The molecule has 0 aliphatic rings. The number of hydrogen-bond donors (Lipinski definition) is 1. The second-order valence-corrected chi connectivity index (χ2v) is 4.79. The standard InChI is InChI=1S/C15H15FN4O/c1-9(17)15-19-12-5-3-10(16)7-13(12)20(15)11-4-6-14(21-2)18-8-11/h3-9H,17H2,1-2H3. The van der Waals surface area contributed by atoms with Crippen molar-refractivity contribution in [3.8, 4) is 11.6 Å². The molecule has 0 aliphatic heterocycles. The first-order valence-electron chi connectivity index (χ1n) is 6.54. The van der Waals surface area contributed by atoms with E-state index in [0.717, 1.165) is 5.69 Å². The lowest BCUT2D eigenvalue weighted by Gasteiger charge is -2.11. The van der Waals surface area contributed by atoms with Crippen LogP contribution in [0.3, 0.4) is 0 Å². The van der Waals surface area contributed by atoms with Gasteiger partial charge in [0.25, 0.3) is 0 Å². The van der Waals surface area contributed by atoms with Crippen LogP contribution in [0.2, 0.25) is 0 Å². The molecule has 3 rings (SSSR count). The molecule has 21 heavy (non-hydrogen) atoms. The lowest BCUT2D eigenvalue weighted by Crippen LogP contribution is -2.12. The van der Waals surface area contributed by atoms with Crippen molar-refractivity contribution in [2.24, 2.45) is 5.73 Å². The van der Waals surface area contributed by atoms with Gasteiger partial charge in [0.2, 0.25) is 5.88 Å². The molecule has 0 fully saturated rings. The summed E-state index contributed by atoms with van der Waals surface area (Å²) >= 11 is 0. The highest BCUT2D eigenvalue weighted by Gasteiger charge is 2.16. The van der Waals surface area contributed by atoms with Gasteiger partial charge in [0.1, 0.15) is 11.6 Å². The van der Waals surface area contributed by atoms with E-state index < -0.39 is 0 Å². The molecule has 1 unspecified atom stereocenters. The van der Waals surface area contributed by atoms with Gasteiger partial charge in [-0.1, -0.05) is 0 Å². The number of imidazole rings is 1. The van der Waals surface area contributed by atoms with Crippen LogP contribution in [0.5, 0.6) is 5.88 Å². The van der Waals surface area contributed by atoms with Crippen LogP contribution in [0.25, 0.3) is 16.7 Å². The van der Waals surface area contributed by atoms with E-state index in [9.17, 15) is 4.39 Å². The molecule has 2 N–H and O–H groups in total. The second kappa shape index (κ2) is 5.14. The highest BCUT2D eigenvalue weighted by molar-refractivity contribution is 5.78. The van der Waals surface area contributed by atoms with Crippen molar-refractivity contribution in [2.45, 2.75) is 13.0 Å². The average Bonchev–Trinajstić information content (AvgIpc) is 2.86. The van der Waals surface area contributed by atoms with Crippen LogP contribution in [0.4, 0.5) is 4.39 Å². The van der Waals surface area contributed by atoms with E-state index in [1.807, 2.05) is 17.6 Å². The summed E-state index contributed by atoms with van der Waals surface area (Å²) in [5.41, 5.74) is 8.10. The molecule has 6 heteroatoms. The van der Waals surface area contributed by atoms with E-state index >= 15 is 0 Å². The van der Waals surface area contributed by atoms with Gasteiger partial charge >= 0.3 is 0 Å². The van der Waals surface area contributed by atoms with Gasteiger partial charge in [-0.25, -0.2) is 14.4 Å². The maximum Gasteiger partial charge on any atom is 0.213 e. The summed E-state index contributed by atoms with van der Waals surface area (Å²) in [6.07, 6.45) is 1.65. The van der Waals surface area contributed by atoms with Gasteiger partial charge in [-0.15, -0.1) is 0 Å². The molecule has 1 atom stereocenters. The molecular formula is C15H15FN4O. The lowest BCUT2D eigenvalue weighted by atomic mass is 10.3. The van der Waals surface area contributed by atoms with Crippen LogP contribution in [-0.4, -0.2) is 21.6 Å². The van der Waals surface area contributed by atoms with E-state index in [-0.39, 0.29) is 11.9 Å². The first-order chi connectivity index (χ1) is 10.1. The summed E-state index contributed by atoms with van der Waals surface area (Å²) in [5, 5.41) is 0. The maximum atomic E-state index is 13.6. The largest absolute Gasteiger partial charge is 0.481 e. The number of hydrogen-bond acceptors (Lipinski definition) is 4. The van der Waals surface area contributed by atoms with Crippen LogP contribution in [0.15, 0.2) is 36.5 Å². The zero-order valence-electron chi connectivity index (χ0n) is 11.7. The number of halogens is 1. The average molecular weight is 286 g/mol. The zero-order chi connectivity index (χ0) is 15.0. The summed E-state index contributed by atoms with van der Waals surface area (Å²) in [6.45, 7) is 1.84. The first-order valence-corrected chi connectivity index (χ1v) is 6.54. The molecule has 1 aromatic carbocycles. The van der Waals surface area contributed by atoms with E-state index in [0.29, 0.717) is 22.7 Å². The number of nitrogens with two attached hydrogens (primary N) is 1.